The van der Waals surface area contributed by atoms with Gasteiger partial charge in [-0.3, -0.25) is 0 Å². The molecule has 0 saturated heterocycles. The van der Waals surface area contributed by atoms with Crippen LogP contribution in [0.4, 0.5) is 24.7 Å². The lowest BCUT2D eigenvalue weighted by Gasteiger charge is -2.15. The number of hydrogen-bond donors (Lipinski definition) is 1. The van der Waals surface area contributed by atoms with Gasteiger partial charge in [0.15, 0.2) is 0 Å². The van der Waals surface area contributed by atoms with Crippen molar-refractivity contribution in [2.75, 3.05) is 5.32 Å². The molecule has 0 fully saturated rings. The zero-order valence-electron chi connectivity index (χ0n) is 10.6. The summed E-state index contributed by atoms with van der Waals surface area (Å²) in [7, 11) is 0. The van der Waals surface area contributed by atoms with Crippen molar-refractivity contribution in [3.05, 3.63) is 45.5 Å². The van der Waals surface area contributed by atoms with E-state index in [1.165, 1.54) is 23.5 Å². The monoisotopic (exact) mass is 363 g/mol. The Morgan fingerprint density at radius 1 is 1.09 bits per heavy atom. The molecule has 0 aliphatic carbocycles. The first kappa shape index (κ1) is 15.3. The van der Waals surface area contributed by atoms with E-state index in [1.54, 1.807) is 11.4 Å². The van der Waals surface area contributed by atoms with E-state index in [1.807, 2.05) is 0 Å². The maximum atomic E-state index is 13.1. The summed E-state index contributed by atoms with van der Waals surface area (Å²) in [6, 6.07) is 5.19. The predicted octanol–water partition coefficient (Wildman–Crippen LogP) is 5.76. The fraction of sp³-hybridized carbons (Fsp3) is 0.0769. The van der Waals surface area contributed by atoms with Crippen molar-refractivity contribution in [2.45, 2.75) is 6.18 Å². The third-order valence-corrected chi connectivity index (χ3v) is 4.05. The Labute approximate surface area is 136 Å². The number of hydrogen-bond acceptors (Lipinski definition) is 4. The molecule has 3 rings (SSSR count). The van der Waals surface area contributed by atoms with E-state index in [9.17, 15) is 13.2 Å². The predicted molar refractivity (Wildman–Crippen MR) is 82.2 cm³/mol. The quantitative estimate of drug-likeness (QED) is 0.588. The Balaban J connectivity index is 2.11. The highest BCUT2D eigenvalue weighted by Gasteiger charge is 2.34. The molecule has 0 aliphatic rings. The lowest BCUT2D eigenvalue weighted by atomic mass is 10.1. The second kappa shape index (κ2) is 5.57. The Morgan fingerprint density at radius 2 is 1.86 bits per heavy atom. The van der Waals surface area contributed by atoms with Gasteiger partial charge in [-0.25, -0.2) is 4.98 Å². The van der Waals surface area contributed by atoms with Gasteiger partial charge in [0.2, 0.25) is 5.28 Å². The second-order valence-electron chi connectivity index (χ2n) is 4.29. The molecule has 0 bridgehead atoms. The van der Waals surface area contributed by atoms with Crippen molar-refractivity contribution in [3.8, 4) is 0 Å². The van der Waals surface area contributed by atoms with Crippen molar-refractivity contribution in [1.29, 1.82) is 0 Å². The van der Waals surface area contributed by atoms with Gasteiger partial charge in [-0.1, -0.05) is 11.6 Å². The van der Waals surface area contributed by atoms with E-state index in [0.29, 0.717) is 10.2 Å². The van der Waals surface area contributed by atoms with Crippen LogP contribution < -0.4 is 5.32 Å². The van der Waals surface area contributed by atoms with Gasteiger partial charge in [0.1, 0.15) is 10.6 Å². The number of benzene rings is 1. The van der Waals surface area contributed by atoms with Crippen LogP contribution in [0.15, 0.2) is 29.6 Å². The number of thiophene rings is 1. The van der Waals surface area contributed by atoms with E-state index in [-0.39, 0.29) is 21.8 Å². The standard InChI is InChI=1S/C13H6Cl2F3N3S/c14-6-1-2-9(8(5-6)13(16,17)18)19-10-7-3-4-22-11(7)21-12(15)20-10/h1-5H,(H,19,20,21). The van der Waals surface area contributed by atoms with Crippen LogP contribution in [0.5, 0.6) is 0 Å². The topological polar surface area (TPSA) is 37.8 Å². The Kier molecular flexibility index (Phi) is 3.88. The zero-order chi connectivity index (χ0) is 15.9. The summed E-state index contributed by atoms with van der Waals surface area (Å²) in [5.41, 5.74) is -1.03. The Morgan fingerprint density at radius 3 is 2.59 bits per heavy atom. The molecule has 3 aromatic rings. The highest BCUT2D eigenvalue weighted by Crippen LogP contribution is 2.38. The maximum Gasteiger partial charge on any atom is 0.418 e. The lowest BCUT2D eigenvalue weighted by molar-refractivity contribution is -0.136. The Hall–Kier alpha value is -1.57. The largest absolute Gasteiger partial charge is 0.418 e. The van der Waals surface area contributed by atoms with Crippen LogP contribution in [-0.4, -0.2) is 9.97 Å². The van der Waals surface area contributed by atoms with Crippen LogP contribution in [0.1, 0.15) is 5.56 Å². The molecule has 0 saturated carbocycles. The summed E-state index contributed by atoms with van der Waals surface area (Å²) >= 11 is 12.8. The molecule has 3 nitrogen and oxygen atoms in total. The normalized spacial score (nSPS) is 11.9. The minimum atomic E-state index is -4.54. The third kappa shape index (κ3) is 2.97. The number of nitrogens with zero attached hydrogens (tertiary/aromatic N) is 2. The van der Waals surface area contributed by atoms with E-state index in [4.69, 9.17) is 23.2 Å². The molecule has 0 spiro atoms. The molecule has 2 heterocycles. The molecule has 2 aromatic heterocycles. The van der Waals surface area contributed by atoms with Gasteiger partial charge < -0.3 is 5.32 Å². The minimum absolute atomic E-state index is 0.000671. The third-order valence-electron chi connectivity index (χ3n) is 2.84. The molecular formula is C13H6Cl2F3N3S. The molecule has 0 aliphatic heterocycles. The summed E-state index contributed by atoms with van der Waals surface area (Å²) in [5, 5.41) is 4.98. The summed E-state index contributed by atoms with van der Waals surface area (Å²) in [5.74, 6) is 0.212. The Bertz CT molecular complexity index is 848. The number of nitrogens with one attached hydrogen (secondary N) is 1. The average molecular weight is 364 g/mol. The average Bonchev–Trinajstić information content (AvgIpc) is 2.87. The number of anilines is 2. The van der Waals surface area contributed by atoms with Crippen LogP contribution >= 0.6 is 34.5 Å². The molecule has 1 N–H and O–H groups in total. The first-order valence-electron chi connectivity index (χ1n) is 5.89. The van der Waals surface area contributed by atoms with Gasteiger partial charge >= 0.3 is 6.18 Å². The molecule has 9 heteroatoms. The van der Waals surface area contributed by atoms with Gasteiger partial charge in [-0.15, -0.1) is 11.3 Å². The lowest BCUT2D eigenvalue weighted by Crippen LogP contribution is -2.09. The number of fused-ring (bicyclic) bond motifs is 1. The van der Waals surface area contributed by atoms with Crippen molar-refractivity contribution < 1.29 is 13.2 Å². The zero-order valence-corrected chi connectivity index (χ0v) is 12.9. The number of alkyl halides is 3. The first-order valence-corrected chi connectivity index (χ1v) is 7.52. The molecular weight excluding hydrogens is 358 g/mol. The SMILES string of the molecule is FC(F)(F)c1cc(Cl)ccc1Nc1nc(Cl)nc2sccc12. The van der Waals surface area contributed by atoms with Crippen molar-refractivity contribution in [3.63, 3.8) is 0 Å². The molecule has 0 amide bonds. The molecule has 1 aromatic carbocycles. The van der Waals surface area contributed by atoms with Crippen LogP contribution in [0.25, 0.3) is 10.2 Å². The number of aromatic nitrogens is 2. The van der Waals surface area contributed by atoms with Gasteiger partial charge in [-0.2, -0.15) is 18.2 Å². The molecule has 0 atom stereocenters. The second-order valence-corrected chi connectivity index (χ2v) is 5.96. The van der Waals surface area contributed by atoms with Crippen molar-refractivity contribution >= 4 is 56.3 Å². The summed E-state index contributed by atoms with van der Waals surface area (Å²) < 4.78 is 39.3. The van der Waals surface area contributed by atoms with E-state index < -0.39 is 11.7 Å². The van der Waals surface area contributed by atoms with Gasteiger partial charge in [0.25, 0.3) is 0 Å². The van der Waals surface area contributed by atoms with Crippen LogP contribution in [0.2, 0.25) is 10.3 Å². The number of rotatable bonds is 2. The fourth-order valence-electron chi connectivity index (χ4n) is 1.91. The smallest absolute Gasteiger partial charge is 0.339 e. The van der Waals surface area contributed by atoms with E-state index in [2.05, 4.69) is 15.3 Å². The summed E-state index contributed by atoms with van der Waals surface area (Å²) in [6.45, 7) is 0. The molecule has 0 unspecified atom stereocenters. The summed E-state index contributed by atoms with van der Waals surface area (Å²) in [4.78, 5) is 8.56. The molecule has 22 heavy (non-hydrogen) atoms. The highest BCUT2D eigenvalue weighted by molar-refractivity contribution is 7.16. The van der Waals surface area contributed by atoms with E-state index in [0.717, 1.165) is 6.07 Å². The summed E-state index contributed by atoms with van der Waals surface area (Å²) in [6.07, 6.45) is -4.54. The van der Waals surface area contributed by atoms with Gasteiger partial charge in [0.05, 0.1) is 16.6 Å². The van der Waals surface area contributed by atoms with Crippen LogP contribution in [-0.2, 0) is 6.18 Å². The van der Waals surface area contributed by atoms with Crippen LogP contribution in [0.3, 0.4) is 0 Å². The first-order chi connectivity index (χ1) is 10.3. The van der Waals surface area contributed by atoms with Crippen LogP contribution in [0, 0.1) is 0 Å². The highest BCUT2D eigenvalue weighted by atomic mass is 35.5. The maximum absolute atomic E-state index is 13.1. The van der Waals surface area contributed by atoms with Gasteiger partial charge in [0, 0.05) is 5.02 Å². The molecule has 114 valence electrons. The van der Waals surface area contributed by atoms with E-state index >= 15 is 0 Å². The minimum Gasteiger partial charge on any atom is -0.339 e. The van der Waals surface area contributed by atoms with Crippen molar-refractivity contribution in [2.24, 2.45) is 0 Å². The number of halogens is 5. The van der Waals surface area contributed by atoms with Crippen molar-refractivity contribution in [1.82, 2.24) is 9.97 Å². The fourth-order valence-corrected chi connectivity index (χ4v) is 3.07. The molecule has 0 radical (unpaired) electrons. The van der Waals surface area contributed by atoms with Gasteiger partial charge in [-0.05, 0) is 41.2 Å².